The first-order chi connectivity index (χ1) is 7.95. The number of benzene rings is 1. The average molecular weight is 253 g/mol. The van der Waals surface area contributed by atoms with Crippen molar-refractivity contribution in [1.82, 2.24) is 4.90 Å². The molecule has 1 rings (SSSR count). The third kappa shape index (κ3) is 3.36. The Kier molecular flexibility index (Phi) is 4.36. The van der Waals surface area contributed by atoms with Crippen molar-refractivity contribution in [1.29, 1.82) is 5.26 Å². The molecule has 1 amide bonds. The third-order valence-electron chi connectivity index (χ3n) is 2.15. The summed E-state index contributed by atoms with van der Waals surface area (Å²) in [5.41, 5.74) is 0.453. The molecule has 1 atom stereocenters. The van der Waals surface area contributed by atoms with Gasteiger partial charge in [-0.05, 0) is 25.1 Å². The second kappa shape index (κ2) is 5.55. The number of carbonyl (C=O) groups is 1. The highest BCUT2D eigenvalue weighted by molar-refractivity contribution is 6.32. The van der Waals surface area contributed by atoms with Gasteiger partial charge in [0.25, 0.3) is 5.91 Å². The molecule has 0 saturated carbocycles. The van der Waals surface area contributed by atoms with E-state index in [4.69, 9.17) is 21.6 Å². The van der Waals surface area contributed by atoms with Crippen molar-refractivity contribution in [3.63, 3.8) is 0 Å². The number of likely N-dealkylation sites (N-methyl/N-ethyl adjacent to an activating group) is 1. The van der Waals surface area contributed by atoms with Crippen LogP contribution in [-0.2, 0) is 4.79 Å². The molecule has 1 unspecified atom stereocenters. The molecule has 5 heteroatoms. The number of halogens is 1. The summed E-state index contributed by atoms with van der Waals surface area (Å²) >= 11 is 5.94. The maximum absolute atomic E-state index is 11.6. The molecule has 0 aliphatic rings. The van der Waals surface area contributed by atoms with Gasteiger partial charge in [-0.1, -0.05) is 11.6 Å². The number of nitriles is 1. The van der Waals surface area contributed by atoms with Gasteiger partial charge in [0.2, 0.25) is 0 Å². The van der Waals surface area contributed by atoms with Gasteiger partial charge < -0.3 is 9.64 Å². The molecule has 0 radical (unpaired) electrons. The van der Waals surface area contributed by atoms with Gasteiger partial charge in [0, 0.05) is 14.1 Å². The number of hydrogen-bond donors (Lipinski definition) is 0. The van der Waals surface area contributed by atoms with Crippen LogP contribution < -0.4 is 4.74 Å². The summed E-state index contributed by atoms with van der Waals surface area (Å²) in [4.78, 5) is 13.0. The van der Waals surface area contributed by atoms with E-state index in [0.717, 1.165) is 0 Å². The van der Waals surface area contributed by atoms with E-state index in [-0.39, 0.29) is 5.91 Å². The Hall–Kier alpha value is -1.73. The molecule has 0 bridgehead atoms. The fraction of sp³-hybridized carbons (Fsp3) is 0.333. The summed E-state index contributed by atoms with van der Waals surface area (Å²) < 4.78 is 5.44. The summed E-state index contributed by atoms with van der Waals surface area (Å²) in [6.45, 7) is 1.65. The van der Waals surface area contributed by atoms with Gasteiger partial charge in [0.05, 0.1) is 16.7 Å². The van der Waals surface area contributed by atoms with Crippen molar-refractivity contribution < 1.29 is 9.53 Å². The summed E-state index contributed by atoms with van der Waals surface area (Å²) in [5.74, 6) is 0.249. The number of rotatable bonds is 3. The highest BCUT2D eigenvalue weighted by Crippen LogP contribution is 2.26. The minimum atomic E-state index is -0.615. The molecular weight excluding hydrogens is 240 g/mol. The Bertz CT molecular complexity index is 466. The second-order valence-electron chi connectivity index (χ2n) is 3.75. The van der Waals surface area contributed by atoms with E-state index in [0.29, 0.717) is 16.3 Å². The van der Waals surface area contributed by atoms with E-state index in [1.54, 1.807) is 33.2 Å². The molecule has 0 aliphatic carbocycles. The largest absolute Gasteiger partial charge is 0.479 e. The highest BCUT2D eigenvalue weighted by atomic mass is 35.5. The zero-order valence-electron chi connectivity index (χ0n) is 9.90. The van der Waals surface area contributed by atoms with Crippen LogP contribution in [0, 0.1) is 11.3 Å². The van der Waals surface area contributed by atoms with E-state index < -0.39 is 6.10 Å². The predicted molar refractivity (Wildman–Crippen MR) is 65.0 cm³/mol. The third-order valence-corrected chi connectivity index (χ3v) is 2.45. The zero-order chi connectivity index (χ0) is 13.0. The van der Waals surface area contributed by atoms with E-state index in [1.807, 2.05) is 6.07 Å². The number of amides is 1. The van der Waals surface area contributed by atoms with Crippen LogP contribution in [0.5, 0.6) is 5.75 Å². The summed E-state index contributed by atoms with van der Waals surface area (Å²) in [7, 11) is 3.31. The minimum Gasteiger partial charge on any atom is -0.479 e. The minimum absolute atomic E-state index is 0.148. The number of carbonyl (C=O) groups excluding carboxylic acids is 1. The Morgan fingerprint density at radius 1 is 1.53 bits per heavy atom. The monoisotopic (exact) mass is 252 g/mol. The van der Waals surface area contributed by atoms with E-state index in [9.17, 15) is 4.79 Å². The number of nitrogens with zero attached hydrogens (tertiary/aromatic N) is 2. The Morgan fingerprint density at radius 2 is 2.18 bits per heavy atom. The quantitative estimate of drug-likeness (QED) is 0.828. The Balaban J connectivity index is 2.83. The van der Waals surface area contributed by atoms with Crippen molar-refractivity contribution in [3.05, 3.63) is 28.8 Å². The lowest BCUT2D eigenvalue weighted by molar-refractivity contribution is -0.135. The first kappa shape index (κ1) is 13.3. The molecule has 90 valence electrons. The normalized spacial score (nSPS) is 11.5. The molecule has 1 aromatic rings. The number of ether oxygens (including phenoxy) is 1. The van der Waals surface area contributed by atoms with Crippen LogP contribution in [0.15, 0.2) is 18.2 Å². The van der Waals surface area contributed by atoms with Crippen LogP contribution in [0.3, 0.4) is 0 Å². The van der Waals surface area contributed by atoms with Gasteiger partial charge in [-0.2, -0.15) is 5.26 Å². The molecule has 0 N–H and O–H groups in total. The summed E-state index contributed by atoms with van der Waals surface area (Å²) in [6.07, 6.45) is -0.615. The second-order valence-corrected chi connectivity index (χ2v) is 4.16. The van der Waals surface area contributed by atoms with Crippen LogP contribution in [0.2, 0.25) is 5.02 Å². The van der Waals surface area contributed by atoms with Crippen molar-refractivity contribution in [2.75, 3.05) is 14.1 Å². The predicted octanol–water partition coefficient (Wildman–Crippen LogP) is 2.07. The fourth-order valence-corrected chi connectivity index (χ4v) is 1.50. The molecule has 0 fully saturated rings. The number of hydrogen-bond acceptors (Lipinski definition) is 3. The van der Waals surface area contributed by atoms with Crippen LogP contribution in [0.1, 0.15) is 12.5 Å². The van der Waals surface area contributed by atoms with E-state index >= 15 is 0 Å². The van der Waals surface area contributed by atoms with Crippen LogP contribution in [0.4, 0.5) is 0 Å². The molecule has 0 saturated heterocycles. The van der Waals surface area contributed by atoms with Crippen molar-refractivity contribution in [2.45, 2.75) is 13.0 Å². The fourth-order valence-electron chi connectivity index (χ4n) is 1.27. The maximum atomic E-state index is 11.6. The van der Waals surface area contributed by atoms with Gasteiger partial charge >= 0.3 is 0 Å². The molecule has 0 spiro atoms. The molecule has 0 aliphatic heterocycles. The molecule has 1 aromatic carbocycles. The molecule has 4 nitrogen and oxygen atoms in total. The van der Waals surface area contributed by atoms with Crippen molar-refractivity contribution in [3.8, 4) is 11.8 Å². The van der Waals surface area contributed by atoms with Gasteiger partial charge in [0.15, 0.2) is 6.10 Å². The lowest BCUT2D eigenvalue weighted by atomic mass is 10.2. The van der Waals surface area contributed by atoms with E-state index in [2.05, 4.69) is 0 Å². The highest BCUT2D eigenvalue weighted by Gasteiger charge is 2.17. The standard InChI is InChI=1S/C12H13ClN2O2/c1-8(12(16)15(2)3)17-11-5-4-9(7-14)6-10(11)13/h4-6,8H,1-3H3. The summed E-state index contributed by atoms with van der Waals surface area (Å²) in [5, 5.41) is 9.01. The lowest BCUT2D eigenvalue weighted by Crippen LogP contribution is -2.35. The van der Waals surface area contributed by atoms with Crippen molar-refractivity contribution in [2.24, 2.45) is 0 Å². The van der Waals surface area contributed by atoms with E-state index in [1.165, 1.54) is 11.0 Å². The molecule has 17 heavy (non-hydrogen) atoms. The Labute approximate surface area is 105 Å². The molecule has 0 heterocycles. The van der Waals surface area contributed by atoms with Crippen LogP contribution in [0.25, 0.3) is 0 Å². The van der Waals surface area contributed by atoms with Gasteiger partial charge in [-0.15, -0.1) is 0 Å². The Morgan fingerprint density at radius 3 is 2.65 bits per heavy atom. The van der Waals surface area contributed by atoms with Crippen LogP contribution in [-0.4, -0.2) is 31.0 Å². The van der Waals surface area contributed by atoms with Gasteiger partial charge in [-0.3, -0.25) is 4.79 Å². The topological polar surface area (TPSA) is 53.3 Å². The van der Waals surface area contributed by atoms with Gasteiger partial charge in [-0.25, -0.2) is 0 Å². The lowest BCUT2D eigenvalue weighted by Gasteiger charge is -2.18. The van der Waals surface area contributed by atoms with Crippen LogP contribution >= 0.6 is 11.6 Å². The first-order valence-corrected chi connectivity index (χ1v) is 5.41. The first-order valence-electron chi connectivity index (χ1n) is 5.03. The SMILES string of the molecule is CC(Oc1ccc(C#N)cc1Cl)C(=O)N(C)C. The van der Waals surface area contributed by atoms with Crippen molar-refractivity contribution >= 4 is 17.5 Å². The summed E-state index contributed by atoms with van der Waals surface area (Å²) in [6, 6.07) is 6.65. The molecule has 0 aromatic heterocycles. The molecular formula is C12H13ClN2O2. The smallest absolute Gasteiger partial charge is 0.262 e. The van der Waals surface area contributed by atoms with Gasteiger partial charge in [0.1, 0.15) is 5.75 Å². The maximum Gasteiger partial charge on any atom is 0.262 e. The zero-order valence-corrected chi connectivity index (χ0v) is 10.7. The average Bonchev–Trinajstić information content (AvgIpc) is 2.30.